The second-order valence-electron chi connectivity index (χ2n) is 9.95. The maximum Gasteiger partial charge on any atom is 0.0159 e. The summed E-state index contributed by atoms with van der Waals surface area (Å²) in [5.41, 5.74) is 14.4. The number of benzene rings is 5. The molecule has 0 bridgehead atoms. The molecule has 0 heteroatoms. The van der Waals surface area contributed by atoms with Crippen LogP contribution in [0.4, 0.5) is 0 Å². The third kappa shape index (κ3) is 4.18. The zero-order valence-corrected chi connectivity index (χ0v) is 22.0. The second kappa shape index (κ2) is 9.63. The summed E-state index contributed by atoms with van der Waals surface area (Å²) in [4.78, 5) is 0. The van der Waals surface area contributed by atoms with E-state index in [0.29, 0.717) is 0 Å². The van der Waals surface area contributed by atoms with Gasteiger partial charge in [0.05, 0.1) is 0 Å². The van der Waals surface area contributed by atoms with Gasteiger partial charge in [-0.1, -0.05) is 142 Å². The predicted octanol–water partition coefficient (Wildman–Crippen LogP) is 10.3. The molecule has 0 aliphatic heterocycles. The monoisotopic (exact) mass is 466 g/mol. The van der Waals surface area contributed by atoms with Crippen molar-refractivity contribution in [3.63, 3.8) is 0 Å². The Morgan fingerprint density at radius 3 is 1.33 bits per heavy atom. The number of rotatable bonds is 3. The summed E-state index contributed by atoms with van der Waals surface area (Å²) in [5, 5.41) is 0. The van der Waals surface area contributed by atoms with Gasteiger partial charge < -0.3 is 0 Å². The molecule has 1 aliphatic carbocycles. The van der Waals surface area contributed by atoms with Crippen LogP contribution in [-0.2, 0) is 5.41 Å². The van der Waals surface area contributed by atoms with Gasteiger partial charge in [-0.15, -0.1) is 0 Å². The van der Waals surface area contributed by atoms with Gasteiger partial charge in [-0.2, -0.15) is 0 Å². The summed E-state index contributed by atoms with van der Waals surface area (Å²) in [7, 11) is 0. The highest BCUT2D eigenvalue weighted by molar-refractivity contribution is 5.84. The molecule has 178 valence electrons. The lowest BCUT2D eigenvalue weighted by Crippen LogP contribution is -2.14. The standard InChI is InChI=1S/C34H28.C2H6/c1-23-8-10-24(11-9-23)25-12-14-26(15-13-25)27-16-18-28(19-17-27)29-20-21-31-30-6-4-5-7-32(30)34(2,3)33(31)22-29;1-2/h4-22H,1-3H3;1-2H3. The van der Waals surface area contributed by atoms with Crippen molar-refractivity contribution in [2.24, 2.45) is 0 Å². The Labute approximate surface area is 216 Å². The van der Waals surface area contributed by atoms with E-state index in [1.54, 1.807) is 0 Å². The molecule has 1 aliphatic rings. The summed E-state index contributed by atoms with van der Waals surface area (Å²) >= 11 is 0. The van der Waals surface area contributed by atoms with E-state index < -0.39 is 0 Å². The summed E-state index contributed by atoms with van der Waals surface area (Å²) in [6.07, 6.45) is 0. The van der Waals surface area contributed by atoms with Crippen LogP contribution in [0.25, 0.3) is 44.5 Å². The minimum atomic E-state index is 0.0288. The highest BCUT2D eigenvalue weighted by atomic mass is 14.4. The van der Waals surface area contributed by atoms with E-state index in [1.165, 1.54) is 61.2 Å². The number of aryl methyl sites for hydroxylation is 1. The van der Waals surface area contributed by atoms with E-state index in [0.717, 1.165) is 0 Å². The van der Waals surface area contributed by atoms with Crippen LogP contribution < -0.4 is 0 Å². The van der Waals surface area contributed by atoms with Gasteiger partial charge in [0.1, 0.15) is 0 Å². The quantitative estimate of drug-likeness (QED) is 0.248. The van der Waals surface area contributed by atoms with Gasteiger partial charge in [-0.25, -0.2) is 0 Å². The third-order valence-electron chi connectivity index (χ3n) is 7.40. The molecular formula is C36H34. The summed E-state index contributed by atoms with van der Waals surface area (Å²) in [6, 6.07) is 42.3. The molecule has 0 saturated carbocycles. The van der Waals surface area contributed by atoms with E-state index in [-0.39, 0.29) is 5.41 Å². The first-order chi connectivity index (χ1) is 17.5. The van der Waals surface area contributed by atoms with Gasteiger partial charge in [0, 0.05) is 5.41 Å². The fourth-order valence-corrected chi connectivity index (χ4v) is 5.34. The van der Waals surface area contributed by atoms with E-state index in [1.807, 2.05) is 13.8 Å². The minimum absolute atomic E-state index is 0.0288. The lowest BCUT2D eigenvalue weighted by atomic mass is 9.81. The molecule has 0 fully saturated rings. The molecule has 5 aromatic carbocycles. The first-order valence-electron chi connectivity index (χ1n) is 13.0. The second-order valence-corrected chi connectivity index (χ2v) is 9.95. The Morgan fingerprint density at radius 1 is 0.417 bits per heavy atom. The molecule has 0 N–H and O–H groups in total. The number of hydrogen-bond acceptors (Lipinski definition) is 0. The molecule has 0 unspecified atom stereocenters. The SMILES string of the molecule is CC.Cc1ccc(-c2ccc(-c3ccc(-c4ccc5c(c4)C(C)(C)c4ccccc4-5)cc3)cc2)cc1. The molecule has 0 heterocycles. The molecule has 5 aromatic rings. The summed E-state index contributed by atoms with van der Waals surface area (Å²) < 4.78 is 0. The first-order valence-corrected chi connectivity index (χ1v) is 13.0. The van der Waals surface area contributed by atoms with Gasteiger partial charge in [0.15, 0.2) is 0 Å². The molecule has 0 aromatic heterocycles. The first kappa shape index (κ1) is 23.8. The maximum absolute atomic E-state index is 2.39. The van der Waals surface area contributed by atoms with Gasteiger partial charge in [0.2, 0.25) is 0 Å². The van der Waals surface area contributed by atoms with Crippen LogP contribution in [0.15, 0.2) is 115 Å². The van der Waals surface area contributed by atoms with Crippen molar-refractivity contribution in [3.8, 4) is 44.5 Å². The summed E-state index contributed by atoms with van der Waals surface area (Å²) in [6.45, 7) is 10.8. The van der Waals surface area contributed by atoms with Crippen LogP contribution >= 0.6 is 0 Å². The average molecular weight is 467 g/mol. The largest absolute Gasteiger partial charge is 0.0683 e. The zero-order valence-electron chi connectivity index (χ0n) is 22.0. The van der Waals surface area contributed by atoms with Crippen LogP contribution in [0.1, 0.15) is 44.4 Å². The molecule has 0 radical (unpaired) electrons. The molecule has 0 atom stereocenters. The Balaban J connectivity index is 0.00000130. The van der Waals surface area contributed by atoms with E-state index >= 15 is 0 Å². The van der Waals surface area contributed by atoms with Crippen LogP contribution in [-0.4, -0.2) is 0 Å². The third-order valence-corrected chi connectivity index (χ3v) is 7.40. The van der Waals surface area contributed by atoms with Gasteiger partial charge >= 0.3 is 0 Å². The van der Waals surface area contributed by atoms with Gasteiger partial charge in [0.25, 0.3) is 0 Å². The fourth-order valence-electron chi connectivity index (χ4n) is 5.34. The van der Waals surface area contributed by atoms with Crippen LogP contribution in [0, 0.1) is 6.92 Å². The van der Waals surface area contributed by atoms with Crippen LogP contribution in [0.5, 0.6) is 0 Å². The molecule has 0 saturated heterocycles. The topological polar surface area (TPSA) is 0 Å². The predicted molar refractivity (Wildman–Crippen MR) is 156 cm³/mol. The van der Waals surface area contributed by atoms with Crippen molar-refractivity contribution in [2.45, 2.75) is 40.0 Å². The van der Waals surface area contributed by atoms with E-state index in [2.05, 4.69) is 136 Å². The maximum atomic E-state index is 2.39. The lowest BCUT2D eigenvalue weighted by Gasteiger charge is -2.22. The molecule has 0 nitrogen and oxygen atoms in total. The van der Waals surface area contributed by atoms with Crippen LogP contribution in [0.2, 0.25) is 0 Å². The fraction of sp³-hybridized carbons (Fsp3) is 0.167. The van der Waals surface area contributed by atoms with Crippen molar-refractivity contribution >= 4 is 0 Å². The average Bonchev–Trinajstić information content (AvgIpc) is 3.17. The number of fused-ring (bicyclic) bond motifs is 3. The van der Waals surface area contributed by atoms with Crippen molar-refractivity contribution in [3.05, 3.63) is 132 Å². The van der Waals surface area contributed by atoms with Crippen molar-refractivity contribution < 1.29 is 0 Å². The van der Waals surface area contributed by atoms with Crippen molar-refractivity contribution in [1.82, 2.24) is 0 Å². The number of hydrogen-bond donors (Lipinski definition) is 0. The normalized spacial score (nSPS) is 12.8. The minimum Gasteiger partial charge on any atom is -0.0683 e. The van der Waals surface area contributed by atoms with E-state index in [9.17, 15) is 0 Å². The smallest absolute Gasteiger partial charge is 0.0159 e. The Morgan fingerprint density at radius 2 is 0.806 bits per heavy atom. The molecule has 6 rings (SSSR count). The summed E-state index contributed by atoms with van der Waals surface area (Å²) in [5.74, 6) is 0. The molecule has 0 amide bonds. The Bertz CT molecular complexity index is 1480. The highest BCUT2D eigenvalue weighted by Gasteiger charge is 2.35. The molecule has 36 heavy (non-hydrogen) atoms. The van der Waals surface area contributed by atoms with Gasteiger partial charge in [-0.05, 0) is 68.6 Å². The molecule has 0 spiro atoms. The van der Waals surface area contributed by atoms with Gasteiger partial charge in [-0.3, -0.25) is 0 Å². The van der Waals surface area contributed by atoms with Crippen LogP contribution in [0.3, 0.4) is 0 Å². The van der Waals surface area contributed by atoms with Crippen molar-refractivity contribution in [2.75, 3.05) is 0 Å². The lowest BCUT2D eigenvalue weighted by molar-refractivity contribution is 0.660. The zero-order chi connectivity index (χ0) is 25.3. The van der Waals surface area contributed by atoms with E-state index in [4.69, 9.17) is 0 Å². The van der Waals surface area contributed by atoms with Crippen molar-refractivity contribution in [1.29, 1.82) is 0 Å². The Kier molecular flexibility index (Phi) is 6.37. The Hall–Kier alpha value is -3.90. The molecular weight excluding hydrogens is 432 g/mol. The highest BCUT2D eigenvalue weighted by Crippen LogP contribution is 2.49.